The van der Waals surface area contributed by atoms with Crippen molar-refractivity contribution in [3.63, 3.8) is 0 Å². The summed E-state index contributed by atoms with van der Waals surface area (Å²) in [6.45, 7) is 0. The normalized spacial score (nSPS) is 13.1. The molecule has 0 N–H and O–H groups in total. The fraction of sp³-hybridized carbons (Fsp3) is 0.0189. The maximum atomic E-state index is 5.16. The predicted molar refractivity (Wildman–Crippen MR) is 229 cm³/mol. The van der Waals surface area contributed by atoms with Crippen LogP contribution in [0.3, 0.4) is 0 Å². The highest BCUT2D eigenvalue weighted by Crippen LogP contribution is 2.64. The number of nitrogens with zero attached hydrogens (tertiary/aromatic N) is 3. The Balaban J connectivity index is 1.14. The zero-order chi connectivity index (χ0) is 36.8. The molecule has 0 saturated heterocycles. The molecule has 0 unspecified atom stereocenters. The van der Waals surface area contributed by atoms with Gasteiger partial charge < -0.3 is 4.57 Å². The van der Waals surface area contributed by atoms with Crippen LogP contribution >= 0.6 is 0 Å². The highest BCUT2D eigenvalue weighted by Gasteiger charge is 2.52. The summed E-state index contributed by atoms with van der Waals surface area (Å²) in [5.41, 5.74) is 19.6. The zero-order valence-electron chi connectivity index (χ0n) is 30.4. The van der Waals surface area contributed by atoms with Crippen LogP contribution in [0.4, 0.5) is 0 Å². The van der Waals surface area contributed by atoms with Gasteiger partial charge in [0.25, 0.3) is 0 Å². The van der Waals surface area contributed by atoms with Gasteiger partial charge >= 0.3 is 0 Å². The van der Waals surface area contributed by atoms with E-state index in [0.29, 0.717) is 0 Å². The van der Waals surface area contributed by atoms with E-state index in [1.807, 2.05) is 24.5 Å². The molecule has 0 amide bonds. The van der Waals surface area contributed by atoms with Gasteiger partial charge in [-0.25, -0.2) is 4.98 Å². The predicted octanol–water partition coefficient (Wildman–Crippen LogP) is 12.9. The Bertz CT molecular complexity index is 3090. The molecule has 0 aliphatic heterocycles. The summed E-state index contributed by atoms with van der Waals surface area (Å²) < 4.78 is 2.46. The summed E-state index contributed by atoms with van der Waals surface area (Å²) in [7, 11) is 0. The van der Waals surface area contributed by atoms with Gasteiger partial charge in [0, 0.05) is 39.2 Å². The number of pyridine rings is 2. The van der Waals surface area contributed by atoms with Crippen molar-refractivity contribution < 1.29 is 0 Å². The first kappa shape index (κ1) is 31.0. The Morgan fingerprint density at radius 3 is 1.61 bits per heavy atom. The molecule has 7 aromatic carbocycles. The van der Waals surface area contributed by atoms with Crippen LogP contribution in [0.1, 0.15) is 22.3 Å². The number of hydrogen-bond donors (Lipinski definition) is 0. The van der Waals surface area contributed by atoms with Gasteiger partial charge in [-0.2, -0.15) is 0 Å². The van der Waals surface area contributed by atoms with Gasteiger partial charge in [-0.1, -0.05) is 164 Å². The van der Waals surface area contributed by atoms with E-state index >= 15 is 0 Å². The molecule has 2 aliphatic rings. The van der Waals surface area contributed by atoms with E-state index in [9.17, 15) is 0 Å². The molecular formula is C53H33N3. The van der Waals surface area contributed by atoms with Crippen LogP contribution in [-0.2, 0) is 5.41 Å². The first-order valence-electron chi connectivity index (χ1n) is 19.2. The molecule has 56 heavy (non-hydrogen) atoms. The largest absolute Gasteiger partial charge is 0.307 e. The van der Waals surface area contributed by atoms with Gasteiger partial charge in [0.05, 0.1) is 39.7 Å². The van der Waals surface area contributed by atoms with Gasteiger partial charge in [-0.05, 0) is 68.8 Å². The summed E-state index contributed by atoms with van der Waals surface area (Å²) in [6, 6.07) is 68.3. The minimum absolute atomic E-state index is 0.423. The van der Waals surface area contributed by atoms with Crippen molar-refractivity contribution in [3.8, 4) is 61.6 Å². The number of para-hydroxylation sites is 1. The number of aromatic nitrogens is 3. The molecule has 0 saturated carbocycles. The van der Waals surface area contributed by atoms with Crippen molar-refractivity contribution in [2.24, 2.45) is 0 Å². The molecule has 3 nitrogen and oxygen atoms in total. The molecule has 1 spiro atoms. The summed E-state index contributed by atoms with van der Waals surface area (Å²) in [5, 5.41) is 2.46. The van der Waals surface area contributed by atoms with E-state index in [1.54, 1.807) is 0 Å². The number of rotatable bonds is 4. The minimum Gasteiger partial charge on any atom is -0.307 e. The van der Waals surface area contributed by atoms with Crippen molar-refractivity contribution in [3.05, 3.63) is 223 Å². The Morgan fingerprint density at radius 2 is 0.946 bits per heavy atom. The quantitative estimate of drug-likeness (QED) is 0.182. The summed E-state index contributed by atoms with van der Waals surface area (Å²) in [6.07, 6.45) is 4.00. The lowest BCUT2D eigenvalue weighted by Crippen LogP contribution is -2.25. The number of fused-ring (bicyclic) bond motifs is 14. The smallest absolute Gasteiger partial charge is 0.0726 e. The summed E-state index contributed by atoms with van der Waals surface area (Å²) in [5.74, 6) is 0. The summed E-state index contributed by atoms with van der Waals surface area (Å²) in [4.78, 5) is 10.1. The van der Waals surface area contributed by atoms with Gasteiger partial charge in [0.15, 0.2) is 0 Å². The molecule has 2 aliphatic carbocycles. The maximum Gasteiger partial charge on any atom is 0.0726 e. The van der Waals surface area contributed by atoms with Crippen molar-refractivity contribution in [2.45, 2.75) is 5.41 Å². The zero-order valence-corrected chi connectivity index (χ0v) is 30.4. The highest BCUT2D eigenvalue weighted by molar-refractivity contribution is 6.16. The Labute approximate surface area is 324 Å². The average Bonchev–Trinajstić information content (AvgIpc) is 3.89. The molecule has 0 bridgehead atoms. The molecule has 260 valence electrons. The van der Waals surface area contributed by atoms with E-state index in [0.717, 1.165) is 44.8 Å². The van der Waals surface area contributed by atoms with Crippen molar-refractivity contribution in [1.29, 1.82) is 0 Å². The molecule has 0 radical (unpaired) electrons. The topological polar surface area (TPSA) is 30.7 Å². The van der Waals surface area contributed by atoms with Crippen LogP contribution in [0, 0.1) is 0 Å². The van der Waals surface area contributed by atoms with Gasteiger partial charge in [-0.15, -0.1) is 0 Å². The van der Waals surface area contributed by atoms with Crippen molar-refractivity contribution in [1.82, 2.24) is 14.5 Å². The third kappa shape index (κ3) is 4.22. The maximum absolute atomic E-state index is 5.16. The SMILES string of the molecule is c1ccc(-c2cc(-c3cncc(-n4c5ccccc5c5ccc6c(c54)-c4ccccc4C64c5ccccc5-c5ccccc54)c3)cc(-c3ccccc3)n2)cc1. The van der Waals surface area contributed by atoms with E-state index in [4.69, 9.17) is 9.97 Å². The van der Waals surface area contributed by atoms with Gasteiger partial charge in [0.1, 0.15) is 0 Å². The minimum atomic E-state index is -0.423. The fourth-order valence-electron chi connectivity index (χ4n) is 9.82. The van der Waals surface area contributed by atoms with E-state index in [2.05, 4.69) is 180 Å². The number of hydrogen-bond acceptors (Lipinski definition) is 2. The lowest BCUT2D eigenvalue weighted by atomic mass is 9.70. The van der Waals surface area contributed by atoms with Gasteiger partial charge in [-0.3, -0.25) is 4.98 Å². The molecule has 0 fully saturated rings. The van der Waals surface area contributed by atoms with Crippen LogP contribution in [0.15, 0.2) is 200 Å². The first-order chi connectivity index (χ1) is 27.8. The molecule has 3 heteroatoms. The molecule has 3 aromatic heterocycles. The third-order valence-corrected chi connectivity index (χ3v) is 12.1. The Morgan fingerprint density at radius 1 is 0.393 bits per heavy atom. The van der Waals surface area contributed by atoms with Crippen LogP contribution in [0.25, 0.3) is 83.4 Å². The summed E-state index contributed by atoms with van der Waals surface area (Å²) >= 11 is 0. The first-order valence-corrected chi connectivity index (χ1v) is 19.2. The second-order valence-electron chi connectivity index (χ2n) is 14.9. The van der Waals surface area contributed by atoms with E-state index < -0.39 is 5.41 Å². The lowest BCUT2D eigenvalue weighted by molar-refractivity contribution is 0.794. The van der Waals surface area contributed by atoms with Crippen molar-refractivity contribution in [2.75, 3.05) is 0 Å². The molecule has 3 heterocycles. The number of benzene rings is 7. The third-order valence-electron chi connectivity index (χ3n) is 12.1. The molecular weight excluding hydrogens is 679 g/mol. The van der Waals surface area contributed by atoms with Crippen LogP contribution in [0.2, 0.25) is 0 Å². The fourth-order valence-corrected chi connectivity index (χ4v) is 9.82. The second kappa shape index (κ2) is 11.8. The monoisotopic (exact) mass is 711 g/mol. The van der Waals surface area contributed by atoms with Crippen LogP contribution < -0.4 is 0 Å². The lowest BCUT2D eigenvalue weighted by Gasteiger charge is -2.30. The molecule has 10 aromatic rings. The van der Waals surface area contributed by atoms with Crippen molar-refractivity contribution >= 4 is 21.8 Å². The second-order valence-corrected chi connectivity index (χ2v) is 14.9. The molecule has 12 rings (SSSR count). The van der Waals surface area contributed by atoms with Gasteiger partial charge in [0.2, 0.25) is 0 Å². The average molecular weight is 712 g/mol. The highest BCUT2D eigenvalue weighted by atomic mass is 15.0. The van der Waals surface area contributed by atoms with E-state index in [-0.39, 0.29) is 0 Å². The van der Waals surface area contributed by atoms with Crippen LogP contribution in [-0.4, -0.2) is 14.5 Å². The van der Waals surface area contributed by atoms with E-state index in [1.165, 1.54) is 60.8 Å². The molecule has 0 atom stereocenters. The Hall–Kier alpha value is -7.36. The standard InChI is InChI=1S/C53H33N3/c1-3-15-34(16-4-1)48-30-36(31-49(55-48)35-17-5-2-6-18-35)37-29-38(33-54-32-37)56-50-26-14-10-21-41(50)42-27-28-47-51(52(42)56)43-22-9-13-25-46(43)53(47)44-23-11-7-19-39(44)40-20-8-12-24-45(40)53/h1-33H. The van der Waals surface area contributed by atoms with Crippen LogP contribution in [0.5, 0.6) is 0 Å². The Kier molecular flexibility index (Phi) is 6.55.